The van der Waals surface area contributed by atoms with Crippen LogP contribution in [0.5, 0.6) is 23.0 Å². The Balaban J connectivity index is 0.958. The zero-order chi connectivity index (χ0) is 39.8. The minimum atomic E-state index is 0.379. The summed E-state index contributed by atoms with van der Waals surface area (Å²) >= 11 is 7.55. The molecule has 0 aliphatic rings. The van der Waals surface area contributed by atoms with Crippen molar-refractivity contribution in [2.75, 3.05) is 0 Å². The van der Waals surface area contributed by atoms with Gasteiger partial charge in [-0.05, 0) is 80.9 Å². The normalized spacial score (nSPS) is 10.9. The summed E-state index contributed by atoms with van der Waals surface area (Å²) in [5, 5.41) is 0. The van der Waals surface area contributed by atoms with Crippen LogP contribution in [0.2, 0.25) is 0 Å². The van der Waals surface area contributed by atoms with Crippen LogP contribution in [-0.4, -0.2) is 0 Å². The van der Waals surface area contributed by atoms with Gasteiger partial charge in [0, 0.05) is 21.1 Å². The molecule has 0 unspecified atom stereocenters. The first-order chi connectivity index (χ1) is 28.5. The van der Waals surface area contributed by atoms with Gasteiger partial charge < -0.3 is 28.4 Å². The third-order valence-electron chi connectivity index (χ3n) is 9.14. The molecule has 58 heavy (non-hydrogen) atoms. The van der Waals surface area contributed by atoms with Gasteiger partial charge in [0.1, 0.15) is 49.4 Å². The molecule has 0 bridgehead atoms. The van der Waals surface area contributed by atoms with E-state index in [4.69, 9.17) is 28.4 Å². The topological polar surface area (TPSA) is 55.4 Å². The summed E-state index contributed by atoms with van der Waals surface area (Å²) in [6.45, 7) is 3.39. The molecule has 7 aromatic rings. The molecule has 0 N–H and O–H groups in total. The van der Waals surface area contributed by atoms with Crippen molar-refractivity contribution in [3.63, 3.8) is 0 Å². The van der Waals surface area contributed by atoms with Gasteiger partial charge in [0.2, 0.25) is 0 Å². The molecule has 0 amide bonds. The molecule has 0 radical (unpaired) electrons. The van der Waals surface area contributed by atoms with E-state index in [1.165, 1.54) is 0 Å². The maximum Gasteiger partial charge on any atom is 0.123 e. The Labute approximate surface area is 357 Å². The van der Waals surface area contributed by atoms with Crippen LogP contribution >= 0.6 is 31.9 Å². The highest BCUT2D eigenvalue weighted by atomic mass is 79.9. The van der Waals surface area contributed by atoms with Crippen LogP contribution < -0.4 is 18.9 Å². The first-order valence-corrected chi connectivity index (χ1v) is 20.7. The first-order valence-electron chi connectivity index (χ1n) is 19.1. The lowest BCUT2D eigenvalue weighted by molar-refractivity contribution is 0.104. The van der Waals surface area contributed by atoms with E-state index in [0.29, 0.717) is 52.9 Å². The van der Waals surface area contributed by atoms with Gasteiger partial charge >= 0.3 is 0 Å². The van der Waals surface area contributed by atoms with E-state index >= 15 is 0 Å². The molecule has 7 rings (SSSR count). The number of benzene rings is 7. The molecule has 0 fully saturated rings. The molecule has 0 atom stereocenters. The van der Waals surface area contributed by atoms with Crippen LogP contribution in [0, 0.1) is 0 Å². The zero-order valence-electron chi connectivity index (χ0n) is 32.0. The largest absolute Gasteiger partial charge is 0.489 e. The fourth-order valence-corrected chi connectivity index (χ4v) is 7.14. The molecular formula is C50H44Br2O6. The number of hydrogen-bond donors (Lipinski definition) is 0. The highest BCUT2D eigenvalue weighted by molar-refractivity contribution is 9.11. The fourth-order valence-electron chi connectivity index (χ4n) is 6.13. The second-order valence-corrected chi connectivity index (χ2v) is 15.5. The third-order valence-corrected chi connectivity index (χ3v) is 10.6. The highest BCUT2D eigenvalue weighted by Gasteiger charge is 2.11. The average molecular weight is 901 g/mol. The van der Waals surface area contributed by atoms with Gasteiger partial charge in [-0.25, -0.2) is 0 Å². The van der Waals surface area contributed by atoms with Crippen LogP contribution in [0.15, 0.2) is 179 Å². The Bertz CT molecular complexity index is 2030. The number of halogens is 2. The standard InChI is InChI=1S/C50H44Br2O6/c51-49-26-44(36-54-30-42-23-47(57-33-39-17-9-3-10-18-39)28-48(24-42)58-34-40-19-11-4-12-20-40)50(52)25-43(49)35-53-29-41-21-45(55-31-37-13-5-1-6-14-37)27-46(22-41)56-32-38-15-7-2-8-16-38/h1-28H,29-36H2. The van der Waals surface area contributed by atoms with Gasteiger partial charge in [-0.15, -0.1) is 0 Å². The summed E-state index contributed by atoms with van der Waals surface area (Å²) in [7, 11) is 0. The summed E-state index contributed by atoms with van der Waals surface area (Å²) in [5.41, 5.74) is 8.31. The molecule has 8 heteroatoms. The molecule has 0 heterocycles. The molecule has 0 aliphatic carbocycles. The molecule has 0 aromatic heterocycles. The molecule has 294 valence electrons. The van der Waals surface area contributed by atoms with Gasteiger partial charge in [0.05, 0.1) is 26.4 Å². The average Bonchev–Trinajstić information content (AvgIpc) is 3.26. The van der Waals surface area contributed by atoms with E-state index in [-0.39, 0.29) is 0 Å². The summed E-state index contributed by atoms with van der Waals surface area (Å²) < 4.78 is 39.2. The van der Waals surface area contributed by atoms with Crippen LogP contribution in [0.3, 0.4) is 0 Å². The van der Waals surface area contributed by atoms with Crippen molar-refractivity contribution in [1.29, 1.82) is 0 Å². The second kappa shape index (κ2) is 21.4. The lowest BCUT2D eigenvalue weighted by atomic mass is 10.1. The van der Waals surface area contributed by atoms with Crippen LogP contribution in [0.1, 0.15) is 44.5 Å². The number of rotatable bonds is 20. The predicted molar refractivity (Wildman–Crippen MR) is 235 cm³/mol. The molecule has 0 saturated carbocycles. The van der Waals surface area contributed by atoms with Gasteiger partial charge in [0.15, 0.2) is 0 Å². The Morgan fingerprint density at radius 2 is 0.552 bits per heavy atom. The van der Waals surface area contributed by atoms with Crippen LogP contribution in [0.4, 0.5) is 0 Å². The van der Waals surface area contributed by atoms with Crippen molar-refractivity contribution in [1.82, 2.24) is 0 Å². The van der Waals surface area contributed by atoms with Gasteiger partial charge in [-0.2, -0.15) is 0 Å². The maximum atomic E-state index is 6.26. The van der Waals surface area contributed by atoms with Crippen molar-refractivity contribution in [3.05, 3.63) is 223 Å². The van der Waals surface area contributed by atoms with E-state index in [1.807, 2.05) is 109 Å². The monoisotopic (exact) mass is 898 g/mol. The van der Waals surface area contributed by atoms with Gasteiger partial charge in [-0.1, -0.05) is 153 Å². The zero-order valence-corrected chi connectivity index (χ0v) is 35.2. The fraction of sp³-hybridized carbons (Fsp3) is 0.160. The molecule has 6 nitrogen and oxygen atoms in total. The number of hydrogen-bond acceptors (Lipinski definition) is 6. The molecule has 0 saturated heterocycles. The molecular weight excluding hydrogens is 856 g/mol. The van der Waals surface area contributed by atoms with Gasteiger partial charge in [-0.3, -0.25) is 0 Å². The minimum absolute atomic E-state index is 0.379. The van der Waals surface area contributed by atoms with Crippen molar-refractivity contribution in [2.45, 2.75) is 52.9 Å². The van der Waals surface area contributed by atoms with Crippen molar-refractivity contribution in [3.8, 4) is 23.0 Å². The van der Waals surface area contributed by atoms with E-state index in [1.54, 1.807) is 0 Å². The van der Waals surface area contributed by atoms with E-state index in [0.717, 1.165) is 76.5 Å². The number of ether oxygens (including phenoxy) is 6. The quantitative estimate of drug-likeness (QED) is 0.0760. The Kier molecular flexibility index (Phi) is 15.1. The summed E-state index contributed by atoms with van der Waals surface area (Å²) in [4.78, 5) is 0. The maximum absolute atomic E-state index is 6.26. The molecule has 0 aliphatic heterocycles. The molecule has 7 aromatic carbocycles. The lowest BCUT2D eigenvalue weighted by Crippen LogP contribution is -2.02. The predicted octanol–water partition coefficient (Wildman–Crippen LogP) is 13.0. The lowest BCUT2D eigenvalue weighted by Gasteiger charge is -2.15. The van der Waals surface area contributed by atoms with Crippen molar-refractivity contribution in [2.24, 2.45) is 0 Å². The first kappa shape index (κ1) is 40.8. The summed E-state index contributed by atoms with van der Waals surface area (Å²) in [5.74, 6) is 2.90. The van der Waals surface area contributed by atoms with Gasteiger partial charge in [0.25, 0.3) is 0 Å². The smallest absolute Gasteiger partial charge is 0.123 e. The Morgan fingerprint density at radius 3 is 0.828 bits per heavy atom. The van der Waals surface area contributed by atoms with Crippen molar-refractivity contribution >= 4 is 31.9 Å². The van der Waals surface area contributed by atoms with Crippen molar-refractivity contribution < 1.29 is 28.4 Å². The van der Waals surface area contributed by atoms with E-state index < -0.39 is 0 Å². The van der Waals surface area contributed by atoms with Crippen LogP contribution in [-0.2, 0) is 62.3 Å². The third kappa shape index (κ3) is 12.8. The minimum Gasteiger partial charge on any atom is -0.489 e. The second-order valence-electron chi connectivity index (χ2n) is 13.7. The molecule has 0 spiro atoms. The highest BCUT2D eigenvalue weighted by Crippen LogP contribution is 2.30. The summed E-state index contributed by atoms with van der Waals surface area (Å²) in [6.07, 6.45) is 0. The van der Waals surface area contributed by atoms with E-state index in [9.17, 15) is 0 Å². The summed E-state index contributed by atoms with van der Waals surface area (Å²) in [6, 6.07) is 56.5. The van der Waals surface area contributed by atoms with E-state index in [2.05, 4.69) is 92.5 Å². The Morgan fingerprint density at radius 1 is 0.276 bits per heavy atom. The van der Waals surface area contributed by atoms with Crippen LogP contribution in [0.25, 0.3) is 0 Å². The Hall–Kier alpha value is -5.38. The SMILES string of the molecule is Brc1cc(COCc2cc(OCc3ccccc3)cc(OCc3ccccc3)c2)c(Br)cc1COCc1cc(OCc2ccccc2)cc(OCc2ccccc2)c1.